The Morgan fingerprint density at radius 2 is 1.87 bits per heavy atom. The van der Waals surface area contributed by atoms with Gasteiger partial charge in [-0.25, -0.2) is 0 Å². The molecular formula is C13H27NO. The van der Waals surface area contributed by atoms with Gasteiger partial charge in [0.05, 0.1) is 12.7 Å². The third-order valence-electron chi connectivity index (χ3n) is 3.66. The molecule has 0 amide bonds. The molecule has 1 fully saturated rings. The highest BCUT2D eigenvalue weighted by Crippen LogP contribution is 2.37. The molecular weight excluding hydrogens is 186 g/mol. The van der Waals surface area contributed by atoms with Crippen LogP contribution in [0.1, 0.15) is 40.5 Å². The quantitative estimate of drug-likeness (QED) is 0.758. The second-order valence-electron chi connectivity index (χ2n) is 5.51. The van der Waals surface area contributed by atoms with E-state index in [1.165, 1.54) is 12.8 Å². The molecule has 0 spiro atoms. The third kappa shape index (κ3) is 3.76. The summed E-state index contributed by atoms with van der Waals surface area (Å²) in [4.78, 5) is 0. The topological polar surface area (TPSA) is 21.3 Å². The molecule has 0 aromatic carbocycles. The van der Waals surface area contributed by atoms with Crippen LogP contribution >= 0.6 is 0 Å². The summed E-state index contributed by atoms with van der Waals surface area (Å²) in [6, 6.07) is 0.707. The summed E-state index contributed by atoms with van der Waals surface area (Å²) in [7, 11) is 2.08. The molecule has 90 valence electrons. The monoisotopic (exact) mass is 213 g/mol. The largest absolute Gasteiger partial charge is 0.378 e. The summed E-state index contributed by atoms with van der Waals surface area (Å²) in [5.41, 5.74) is 0. The van der Waals surface area contributed by atoms with E-state index < -0.39 is 0 Å². The van der Waals surface area contributed by atoms with E-state index in [9.17, 15) is 0 Å². The van der Waals surface area contributed by atoms with Crippen LogP contribution in [0.2, 0.25) is 0 Å². The lowest BCUT2D eigenvalue weighted by atomic mass is 9.86. The zero-order valence-electron chi connectivity index (χ0n) is 10.9. The standard InChI is InChI=1S/C13H27NO/c1-9(2)13-7-12(14-5)6-11(13)8-15-10(3)4/h9-14H,6-8H2,1-5H3/t11-,12+,13?/m0/s1. The number of nitrogens with one attached hydrogen (secondary N) is 1. The van der Waals surface area contributed by atoms with Gasteiger partial charge in [0, 0.05) is 6.04 Å². The number of hydrogen-bond donors (Lipinski definition) is 1. The highest BCUT2D eigenvalue weighted by atomic mass is 16.5. The Balaban J connectivity index is 2.45. The first-order chi connectivity index (χ1) is 7.04. The summed E-state index contributed by atoms with van der Waals surface area (Å²) in [6.45, 7) is 9.86. The predicted octanol–water partition coefficient (Wildman–Crippen LogP) is 2.68. The van der Waals surface area contributed by atoms with Crippen LogP contribution in [0.3, 0.4) is 0 Å². The second kappa shape index (κ2) is 5.86. The van der Waals surface area contributed by atoms with Crippen LogP contribution in [-0.2, 0) is 4.74 Å². The van der Waals surface area contributed by atoms with Crippen molar-refractivity contribution < 1.29 is 4.74 Å². The van der Waals surface area contributed by atoms with E-state index >= 15 is 0 Å². The SMILES string of the molecule is CN[C@H]1CC(C(C)C)[C@H](COC(C)C)C1. The van der Waals surface area contributed by atoms with Crippen molar-refractivity contribution in [2.75, 3.05) is 13.7 Å². The Hall–Kier alpha value is -0.0800. The highest BCUT2D eigenvalue weighted by Gasteiger charge is 2.35. The lowest BCUT2D eigenvalue weighted by molar-refractivity contribution is 0.0350. The summed E-state index contributed by atoms with van der Waals surface area (Å²) >= 11 is 0. The van der Waals surface area contributed by atoms with E-state index in [0.717, 1.165) is 24.4 Å². The molecule has 0 aromatic rings. The molecule has 3 atom stereocenters. The van der Waals surface area contributed by atoms with Crippen LogP contribution in [0.4, 0.5) is 0 Å². The molecule has 2 nitrogen and oxygen atoms in total. The Morgan fingerprint density at radius 3 is 2.33 bits per heavy atom. The molecule has 0 radical (unpaired) electrons. The average Bonchev–Trinajstić information content (AvgIpc) is 2.57. The summed E-state index contributed by atoms with van der Waals surface area (Å²) in [5, 5.41) is 3.41. The van der Waals surface area contributed by atoms with E-state index in [1.807, 2.05) is 0 Å². The highest BCUT2D eigenvalue weighted by molar-refractivity contribution is 4.88. The molecule has 0 aliphatic heterocycles. The summed E-state index contributed by atoms with van der Waals surface area (Å²) < 4.78 is 5.77. The van der Waals surface area contributed by atoms with Crippen LogP contribution in [0.15, 0.2) is 0 Å². The number of ether oxygens (including phenoxy) is 1. The zero-order valence-corrected chi connectivity index (χ0v) is 10.9. The van der Waals surface area contributed by atoms with Crippen molar-refractivity contribution in [3.8, 4) is 0 Å². The van der Waals surface area contributed by atoms with E-state index in [4.69, 9.17) is 4.74 Å². The van der Waals surface area contributed by atoms with E-state index in [0.29, 0.717) is 12.1 Å². The van der Waals surface area contributed by atoms with Crippen molar-refractivity contribution in [3.63, 3.8) is 0 Å². The van der Waals surface area contributed by atoms with E-state index in [2.05, 4.69) is 40.1 Å². The molecule has 1 rings (SSSR count). The van der Waals surface area contributed by atoms with Crippen molar-refractivity contribution >= 4 is 0 Å². The van der Waals surface area contributed by atoms with Gasteiger partial charge in [-0.3, -0.25) is 0 Å². The summed E-state index contributed by atoms with van der Waals surface area (Å²) in [5.74, 6) is 2.37. The first-order valence-electron chi connectivity index (χ1n) is 6.33. The smallest absolute Gasteiger partial charge is 0.0519 e. The molecule has 1 N–H and O–H groups in total. The number of rotatable bonds is 5. The minimum Gasteiger partial charge on any atom is -0.378 e. The molecule has 0 saturated heterocycles. The van der Waals surface area contributed by atoms with E-state index in [-0.39, 0.29) is 0 Å². The molecule has 1 aliphatic carbocycles. The fourth-order valence-electron chi connectivity index (χ4n) is 2.72. The summed E-state index contributed by atoms with van der Waals surface area (Å²) in [6.07, 6.45) is 2.97. The zero-order chi connectivity index (χ0) is 11.4. The normalized spacial score (nSPS) is 31.8. The van der Waals surface area contributed by atoms with Gasteiger partial charge in [-0.15, -0.1) is 0 Å². The fraction of sp³-hybridized carbons (Fsp3) is 1.00. The van der Waals surface area contributed by atoms with Crippen LogP contribution in [-0.4, -0.2) is 25.8 Å². The van der Waals surface area contributed by atoms with Crippen molar-refractivity contribution in [1.82, 2.24) is 5.32 Å². The molecule has 1 unspecified atom stereocenters. The van der Waals surface area contributed by atoms with Crippen molar-refractivity contribution in [2.45, 2.75) is 52.7 Å². The van der Waals surface area contributed by atoms with Gasteiger partial charge in [-0.2, -0.15) is 0 Å². The van der Waals surface area contributed by atoms with Crippen LogP contribution in [0.5, 0.6) is 0 Å². The molecule has 0 heterocycles. The van der Waals surface area contributed by atoms with Gasteiger partial charge in [0.25, 0.3) is 0 Å². The molecule has 1 aliphatic rings. The maximum absolute atomic E-state index is 5.77. The van der Waals surface area contributed by atoms with Crippen LogP contribution in [0.25, 0.3) is 0 Å². The maximum atomic E-state index is 5.77. The molecule has 2 heteroatoms. The van der Waals surface area contributed by atoms with Gasteiger partial charge >= 0.3 is 0 Å². The van der Waals surface area contributed by atoms with Gasteiger partial charge in [0.2, 0.25) is 0 Å². The predicted molar refractivity (Wildman–Crippen MR) is 65.0 cm³/mol. The van der Waals surface area contributed by atoms with Gasteiger partial charge in [-0.1, -0.05) is 13.8 Å². The minimum absolute atomic E-state index is 0.367. The number of hydrogen-bond acceptors (Lipinski definition) is 2. The van der Waals surface area contributed by atoms with Crippen LogP contribution in [0, 0.1) is 17.8 Å². The lowest BCUT2D eigenvalue weighted by Crippen LogP contribution is -2.22. The van der Waals surface area contributed by atoms with Crippen molar-refractivity contribution in [3.05, 3.63) is 0 Å². The molecule has 0 aromatic heterocycles. The average molecular weight is 213 g/mol. The first kappa shape index (κ1) is 13.0. The van der Waals surface area contributed by atoms with Crippen molar-refractivity contribution in [1.29, 1.82) is 0 Å². The Bertz CT molecular complexity index is 179. The fourth-order valence-corrected chi connectivity index (χ4v) is 2.72. The van der Waals surface area contributed by atoms with Gasteiger partial charge < -0.3 is 10.1 Å². The lowest BCUT2D eigenvalue weighted by Gasteiger charge is -2.23. The maximum Gasteiger partial charge on any atom is 0.0519 e. The molecule has 1 saturated carbocycles. The van der Waals surface area contributed by atoms with Crippen LogP contribution < -0.4 is 5.32 Å². The van der Waals surface area contributed by atoms with Crippen molar-refractivity contribution in [2.24, 2.45) is 17.8 Å². The van der Waals surface area contributed by atoms with Gasteiger partial charge in [0.15, 0.2) is 0 Å². The Kier molecular flexibility index (Phi) is 5.07. The Labute approximate surface area is 94.8 Å². The van der Waals surface area contributed by atoms with E-state index in [1.54, 1.807) is 0 Å². The Morgan fingerprint density at radius 1 is 1.20 bits per heavy atom. The van der Waals surface area contributed by atoms with Gasteiger partial charge in [-0.05, 0) is 51.5 Å². The van der Waals surface area contributed by atoms with Gasteiger partial charge in [0.1, 0.15) is 0 Å². The minimum atomic E-state index is 0.367. The molecule has 0 bridgehead atoms. The molecule has 15 heavy (non-hydrogen) atoms. The first-order valence-corrected chi connectivity index (χ1v) is 6.33. The third-order valence-corrected chi connectivity index (χ3v) is 3.66. The second-order valence-corrected chi connectivity index (χ2v) is 5.51.